The number of nitrogens with one attached hydrogen (secondary N) is 1. The van der Waals surface area contributed by atoms with Crippen molar-refractivity contribution in [3.05, 3.63) is 57.9 Å². The van der Waals surface area contributed by atoms with E-state index in [2.05, 4.69) is 10.3 Å². The van der Waals surface area contributed by atoms with Crippen molar-refractivity contribution < 1.29 is 13.2 Å². The molecule has 6 nitrogen and oxygen atoms in total. The molecule has 0 fully saturated rings. The molecule has 0 atom stereocenters. The Morgan fingerprint density at radius 1 is 1.32 bits per heavy atom. The zero-order chi connectivity index (χ0) is 18.2. The Morgan fingerprint density at radius 3 is 2.80 bits per heavy atom. The highest BCUT2D eigenvalue weighted by molar-refractivity contribution is 7.88. The lowest BCUT2D eigenvalue weighted by atomic mass is 9.98. The molecule has 0 radical (unpaired) electrons. The van der Waals surface area contributed by atoms with E-state index in [0.717, 1.165) is 16.7 Å². The first-order chi connectivity index (χ1) is 11.8. The summed E-state index contributed by atoms with van der Waals surface area (Å²) in [6.07, 6.45) is 4.80. The minimum atomic E-state index is -3.27. The third-order valence-electron chi connectivity index (χ3n) is 4.27. The zero-order valence-corrected chi connectivity index (χ0v) is 15.5. The van der Waals surface area contributed by atoms with Crippen LogP contribution in [-0.4, -0.2) is 36.4 Å². The topological polar surface area (TPSA) is 79.4 Å². The Balaban J connectivity index is 1.89. The van der Waals surface area contributed by atoms with Crippen molar-refractivity contribution >= 4 is 33.2 Å². The van der Waals surface area contributed by atoms with Gasteiger partial charge >= 0.3 is 0 Å². The lowest BCUT2D eigenvalue weighted by Crippen LogP contribution is -2.36. The van der Waals surface area contributed by atoms with Crippen LogP contribution in [0.2, 0.25) is 5.02 Å². The van der Waals surface area contributed by atoms with Crippen LogP contribution in [0.3, 0.4) is 0 Å². The number of rotatable bonds is 3. The minimum absolute atomic E-state index is 0.235. The zero-order valence-electron chi connectivity index (χ0n) is 13.9. The van der Waals surface area contributed by atoms with Gasteiger partial charge in [0.1, 0.15) is 0 Å². The summed E-state index contributed by atoms with van der Waals surface area (Å²) in [7, 11) is -3.27. The van der Waals surface area contributed by atoms with E-state index in [4.69, 9.17) is 11.6 Å². The Kier molecular flexibility index (Phi) is 4.81. The smallest absolute Gasteiger partial charge is 0.257 e. The predicted octanol–water partition coefficient (Wildman–Crippen LogP) is 2.61. The highest BCUT2D eigenvalue weighted by Gasteiger charge is 2.26. The Bertz CT molecular complexity index is 944. The van der Waals surface area contributed by atoms with E-state index < -0.39 is 10.0 Å². The molecule has 1 aliphatic heterocycles. The summed E-state index contributed by atoms with van der Waals surface area (Å²) in [6, 6.07) is 5.29. The molecule has 0 bridgehead atoms. The number of nitrogens with zero attached hydrogens (tertiary/aromatic N) is 2. The molecule has 0 saturated heterocycles. The van der Waals surface area contributed by atoms with Gasteiger partial charge in [-0.15, -0.1) is 0 Å². The highest BCUT2D eigenvalue weighted by atomic mass is 35.5. The van der Waals surface area contributed by atoms with Crippen LogP contribution in [0.15, 0.2) is 30.6 Å². The number of pyridine rings is 1. The molecule has 1 N–H and O–H groups in total. The standard InChI is InChI=1S/C17H18ClN3O3S/c1-11-3-4-13(18)7-16(11)20-17(22)15-9-19-8-12-10-21(25(2,23)24)6-5-14(12)15/h3-4,7-9H,5-6,10H2,1-2H3,(H,20,22). The number of anilines is 1. The summed E-state index contributed by atoms with van der Waals surface area (Å²) in [4.78, 5) is 16.8. The van der Waals surface area contributed by atoms with Crippen molar-refractivity contribution in [2.24, 2.45) is 0 Å². The average molecular weight is 380 g/mol. The van der Waals surface area contributed by atoms with Crippen LogP contribution in [-0.2, 0) is 23.0 Å². The Labute approximate surface area is 151 Å². The summed E-state index contributed by atoms with van der Waals surface area (Å²) in [5.74, 6) is -0.275. The molecule has 2 heterocycles. The Morgan fingerprint density at radius 2 is 2.08 bits per heavy atom. The monoisotopic (exact) mass is 379 g/mol. The molecule has 0 unspecified atom stereocenters. The van der Waals surface area contributed by atoms with Crippen LogP contribution in [0, 0.1) is 6.92 Å². The fourth-order valence-electron chi connectivity index (χ4n) is 2.86. The molecule has 1 aromatic heterocycles. The van der Waals surface area contributed by atoms with Crippen LogP contribution in [0.25, 0.3) is 0 Å². The van der Waals surface area contributed by atoms with Gasteiger partial charge in [0.25, 0.3) is 5.91 Å². The van der Waals surface area contributed by atoms with E-state index in [9.17, 15) is 13.2 Å². The number of halogens is 1. The molecular formula is C17H18ClN3O3S. The third kappa shape index (κ3) is 3.84. The summed E-state index contributed by atoms with van der Waals surface area (Å²) in [6.45, 7) is 2.47. The maximum Gasteiger partial charge on any atom is 0.257 e. The number of sulfonamides is 1. The van der Waals surface area contributed by atoms with Gasteiger partial charge in [-0.05, 0) is 42.2 Å². The van der Waals surface area contributed by atoms with E-state index in [1.54, 1.807) is 18.3 Å². The second-order valence-corrected chi connectivity index (χ2v) is 8.50. The van der Waals surface area contributed by atoms with E-state index in [1.165, 1.54) is 16.8 Å². The first-order valence-electron chi connectivity index (χ1n) is 7.74. The number of carbonyl (C=O) groups excluding carboxylic acids is 1. The van der Waals surface area contributed by atoms with Crippen molar-refractivity contribution in [1.29, 1.82) is 0 Å². The van der Waals surface area contributed by atoms with Gasteiger partial charge in [-0.1, -0.05) is 17.7 Å². The first kappa shape index (κ1) is 17.8. The van der Waals surface area contributed by atoms with Crippen molar-refractivity contribution in [1.82, 2.24) is 9.29 Å². The van der Waals surface area contributed by atoms with Crippen molar-refractivity contribution in [3.63, 3.8) is 0 Å². The van der Waals surface area contributed by atoms with Gasteiger partial charge in [-0.25, -0.2) is 8.42 Å². The molecule has 1 amide bonds. The van der Waals surface area contributed by atoms with Crippen molar-refractivity contribution in [2.45, 2.75) is 19.9 Å². The fourth-order valence-corrected chi connectivity index (χ4v) is 3.83. The normalized spacial score (nSPS) is 14.8. The Hall–Kier alpha value is -1.96. The quantitative estimate of drug-likeness (QED) is 0.889. The molecule has 0 spiro atoms. The van der Waals surface area contributed by atoms with Crippen molar-refractivity contribution in [2.75, 3.05) is 18.1 Å². The van der Waals surface area contributed by atoms with Crippen LogP contribution in [0.4, 0.5) is 5.69 Å². The van der Waals surface area contributed by atoms with E-state index in [0.29, 0.717) is 29.2 Å². The van der Waals surface area contributed by atoms with Crippen LogP contribution >= 0.6 is 11.6 Å². The van der Waals surface area contributed by atoms with Gasteiger partial charge in [0.15, 0.2) is 0 Å². The minimum Gasteiger partial charge on any atom is -0.322 e. The number of carbonyl (C=O) groups is 1. The van der Waals surface area contributed by atoms with Crippen LogP contribution in [0.1, 0.15) is 27.0 Å². The average Bonchev–Trinajstić information content (AvgIpc) is 2.56. The predicted molar refractivity (Wildman–Crippen MR) is 97.3 cm³/mol. The fraction of sp³-hybridized carbons (Fsp3) is 0.294. The molecule has 3 rings (SSSR count). The number of aromatic nitrogens is 1. The summed E-state index contributed by atoms with van der Waals surface area (Å²) < 4.78 is 24.9. The lowest BCUT2D eigenvalue weighted by molar-refractivity contribution is 0.102. The molecule has 0 aliphatic carbocycles. The molecule has 132 valence electrons. The highest BCUT2D eigenvalue weighted by Crippen LogP contribution is 2.25. The molecule has 1 aliphatic rings. The molecule has 1 aromatic carbocycles. The number of aryl methyl sites for hydroxylation is 1. The SMILES string of the molecule is Cc1ccc(Cl)cc1NC(=O)c1cncc2c1CCN(S(C)(=O)=O)C2. The second kappa shape index (κ2) is 6.74. The van der Waals surface area contributed by atoms with E-state index in [1.807, 2.05) is 13.0 Å². The first-order valence-corrected chi connectivity index (χ1v) is 9.96. The second-order valence-electron chi connectivity index (χ2n) is 6.08. The maximum atomic E-state index is 12.7. The number of hydrogen-bond donors (Lipinski definition) is 1. The number of fused-ring (bicyclic) bond motifs is 1. The van der Waals surface area contributed by atoms with Gasteiger partial charge in [-0.2, -0.15) is 4.31 Å². The lowest BCUT2D eigenvalue weighted by Gasteiger charge is -2.27. The van der Waals surface area contributed by atoms with Gasteiger partial charge < -0.3 is 5.32 Å². The summed E-state index contributed by atoms with van der Waals surface area (Å²) >= 11 is 5.99. The van der Waals surface area contributed by atoms with E-state index in [-0.39, 0.29) is 12.5 Å². The van der Waals surface area contributed by atoms with Gasteiger partial charge in [-0.3, -0.25) is 9.78 Å². The van der Waals surface area contributed by atoms with E-state index >= 15 is 0 Å². The molecule has 0 saturated carbocycles. The largest absolute Gasteiger partial charge is 0.322 e. The van der Waals surface area contributed by atoms with Gasteiger partial charge in [0.05, 0.1) is 11.8 Å². The molecule has 25 heavy (non-hydrogen) atoms. The third-order valence-corrected chi connectivity index (χ3v) is 5.75. The van der Waals surface area contributed by atoms with Crippen LogP contribution in [0.5, 0.6) is 0 Å². The van der Waals surface area contributed by atoms with Gasteiger partial charge in [0, 0.05) is 36.2 Å². The summed E-state index contributed by atoms with van der Waals surface area (Å²) in [5.41, 5.74) is 3.60. The maximum absolute atomic E-state index is 12.7. The molecule has 8 heteroatoms. The van der Waals surface area contributed by atoms with Gasteiger partial charge in [0.2, 0.25) is 10.0 Å². The van der Waals surface area contributed by atoms with Crippen molar-refractivity contribution in [3.8, 4) is 0 Å². The molecular weight excluding hydrogens is 362 g/mol. The number of benzene rings is 1. The number of amides is 1. The number of hydrogen-bond acceptors (Lipinski definition) is 4. The van der Waals surface area contributed by atoms with Crippen LogP contribution < -0.4 is 5.32 Å². The summed E-state index contributed by atoms with van der Waals surface area (Å²) in [5, 5.41) is 3.40. The molecule has 2 aromatic rings.